The topological polar surface area (TPSA) is 81.8 Å². The predicted octanol–water partition coefficient (Wildman–Crippen LogP) is 0.704. The molecule has 1 aliphatic heterocycles. The zero-order valence-electron chi connectivity index (χ0n) is 14.4. The highest BCUT2D eigenvalue weighted by Gasteiger charge is 2.37. The van der Waals surface area contributed by atoms with Gasteiger partial charge in [0.15, 0.2) is 0 Å². The fourth-order valence-corrected chi connectivity index (χ4v) is 2.52. The normalized spacial score (nSPS) is 17.1. The van der Waals surface area contributed by atoms with E-state index in [-0.39, 0.29) is 25.3 Å². The van der Waals surface area contributed by atoms with Crippen molar-refractivity contribution in [3.63, 3.8) is 0 Å². The summed E-state index contributed by atoms with van der Waals surface area (Å²) in [4.78, 5) is 39.1. The van der Waals surface area contributed by atoms with E-state index in [1.807, 2.05) is 19.0 Å². The molecule has 0 unspecified atom stereocenters. The number of halogens is 1. The molecule has 1 atom stereocenters. The maximum Gasteiger partial charge on any atom is 0.325 e. The second-order valence-corrected chi connectivity index (χ2v) is 6.25. The van der Waals surface area contributed by atoms with Crippen molar-refractivity contribution in [2.45, 2.75) is 25.4 Å². The third kappa shape index (κ3) is 5.53. The predicted molar refractivity (Wildman–Crippen MR) is 90.1 cm³/mol. The van der Waals surface area contributed by atoms with Gasteiger partial charge >= 0.3 is 6.03 Å². The minimum absolute atomic E-state index is 0.00789. The summed E-state index contributed by atoms with van der Waals surface area (Å²) in [5, 5.41) is 5.34. The van der Waals surface area contributed by atoms with E-state index in [0.717, 1.165) is 11.4 Å². The second-order valence-electron chi connectivity index (χ2n) is 6.25. The van der Waals surface area contributed by atoms with E-state index in [4.69, 9.17) is 0 Å². The molecular formula is C17H23FN4O3. The molecule has 1 aromatic carbocycles. The smallest absolute Gasteiger partial charge is 0.325 e. The van der Waals surface area contributed by atoms with Gasteiger partial charge in [-0.15, -0.1) is 0 Å². The minimum atomic E-state index is -0.722. The summed E-state index contributed by atoms with van der Waals surface area (Å²) in [7, 11) is 3.82. The van der Waals surface area contributed by atoms with Crippen LogP contribution in [0.2, 0.25) is 0 Å². The van der Waals surface area contributed by atoms with Gasteiger partial charge in [0, 0.05) is 19.5 Å². The molecule has 25 heavy (non-hydrogen) atoms. The molecule has 0 bridgehead atoms. The Kier molecular flexibility index (Phi) is 6.46. The Balaban J connectivity index is 1.83. The summed E-state index contributed by atoms with van der Waals surface area (Å²) in [6, 6.07) is 4.51. The van der Waals surface area contributed by atoms with Crippen molar-refractivity contribution < 1.29 is 18.8 Å². The van der Waals surface area contributed by atoms with Gasteiger partial charge < -0.3 is 15.5 Å². The lowest BCUT2D eigenvalue weighted by Crippen LogP contribution is -2.34. The van der Waals surface area contributed by atoms with E-state index in [2.05, 4.69) is 10.6 Å². The van der Waals surface area contributed by atoms with E-state index < -0.39 is 23.8 Å². The fraction of sp³-hybridized carbons (Fsp3) is 0.471. The van der Waals surface area contributed by atoms with E-state index in [1.54, 1.807) is 6.07 Å². The van der Waals surface area contributed by atoms with Crippen molar-refractivity contribution >= 4 is 17.8 Å². The minimum Gasteiger partial charge on any atom is -0.355 e. The molecule has 2 rings (SSSR count). The van der Waals surface area contributed by atoms with Crippen LogP contribution in [0.5, 0.6) is 0 Å². The summed E-state index contributed by atoms with van der Waals surface area (Å²) >= 11 is 0. The molecule has 1 aliphatic rings. The standard InChI is InChI=1S/C17H23FN4O3/c1-21(2)9-8-19-15(23)7-6-14-16(24)22(17(25)20-14)11-12-4-3-5-13(18)10-12/h3-5,10,14H,6-9,11H2,1-2H3,(H,19,23)(H,20,25)/t14-/m0/s1. The van der Waals surface area contributed by atoms with Gasteiger partial charge in [-0.05, 0) is 38.2 Å². The summed E-state index contributed by atoms with van der Waals surface area (Å²) in [5.74, 6) is -0.974. The number of imide groups is 1. The third-order valence-electron chi connectivity index (χ3n) is 3.88. The number of nitrogens with zero attached hydrogens (tertiary/aromatic N) is 2. The van der Waals surface area contributed by atoms with Crippen LogP contribution in [-0.2, 0) is 16.1 Å². The van der Waals surface area contributed by atoms with Crippen molar-refractivity contribution in [3.8, 4) is 0 Å². The van der Waals surface area contributed by atoms with Gasteiger partial charge in [-0.3, -0.25) is 14.5 Å². The van der Waals surface area contributed by atoms with Crippen LogP contribution >= 0.6 is 0 Å². The van der Waals surface area contributed by atoms with Crippen LogP contribution in [0.1, 0.15) is 18.4 Å². The van der Waals surface area contributed by atoms with Crippen LogP contribution in [-0.4, -0.2) is 60.9 Å². The largest absolute Gasteiger partial charge is 0.355 e. The number of urea groups is 1. The molecule has 0 aliphatic carbocycles. The second kappa shape index (κ2) is 8.57. The highest BCUT2D eigenvalue weighted by atomic mass is 19.1. The first-order valence-corrected chi connectivity index (χ1v) is 8.14. The monoisotopic (exact) mass is 350 g/mol. The first kappa shape index (κ1) is 18.9. The number of nitrogens with one attached hydrogen (secondary N) is 2. The SMILES string of the molecule is CN(C)CCNC(=O)CC[C@@H]1NC(=O)N(Cc2cccc(F)c2)C1=O. The number of benzene rings is 1. The lowest BCUT2D eigenvalue weighted by molar-refractivity contribution is -0.128. The van der Waals surface area contributed by atoms with Crippen molar-refractivity contribution in [2.24, 2.45) is 0 Å². The van der Waals surface area contributed by atoms with Gasteiger partial charge in [0.05, 0.1) is 6.54 Å². The fourth-order valence-electron chi connectivity index (χ4n) is 2.52. The molecule has 1 aromatic rings. The maximum atomic E-state index is 13.2. The average molecular weight is 350 g/mol. The summed E-state index contributed by atoms with van der Waals surface area (Å²) in [5.41, 5.74) is 0.533. The van der Waals surface area contributed by atoms with Gasteiger partial charge in [0.2, 0.25) is 5.91 Å². The van der Waals surface area contributed by atoms with E-state index in [1.165, 1.54) is 18.2 Å². The van der Waals surface area contributed by atoms with Crippen molar-refractivity contribution in [1.82, 2.24) is 20.4 Å². The third-order valence-corrected chi connectivity index (χ3v) is 3.88. The quantitative estimate of drug-likeness (QED) is 0.677. The lowest BCUT2D eigenvalue weighted by Gasteiger charge is -2.13. The summed E-state index contributed by atoms with van der Waals surface area (Å²) in [6.07, 6.45) is 0.385. The van der Waals surface area contributed by atoms with Crippen LogP contribution in [0.3, 0.4) is 0 Å². The van der Waals surface area contributed by atoms with E-state index in [0.29, 0.717) is 12.1 Å². The highest BCUT2D eigenvalue weighted by Crippen LogP contribution is 2.15. The lowest BCUT2D eigenvalue weighted by atomic mass is 10.1. The van der Waals surface area contributed by atoms with Crippen LogP contribution < -0.4 is 10.6 Å². The molecule has 2 N–H and O–H groups in total. The molecule has 1 fully saturated rings. The van der Waals surface area contributed by atoms with Crippen molar-refractivity contribution in [3.05, 3.63) is 35.6 Å². The van der Waals surface area contributed by atoms with Gasteiger partial charge in [-0.2, -0.15) is 0 Å². The molecule has 0 spiro atoms. The number of hydrogen-bond donors (Lipinski definition) is 2. The Labute approximate surface area is 146 Å². The maximum absolute atomic E-state index is 13.2. The van der Waals surface area contributed by atoms with E-state index >= 15 is 0 Å². The number of carbonyl (C=O) groups is 3. The highest BCUT2D eigenvalue weighted by molar-refractivity contribution is 6.04. The molecule has 4 amide bonds. The molecule has 136 valence electrons. The number of amides is 4. The zero-order valence-corrected chi connectivity index (χ0v) is 14.4. The first-order chi connectivity index (χ1) is 11.9. The number of likely N-dealkylation sites (N-methyl/N-ethyl adjacent to an activating group) is 1. The van der Waals surface area contributed by atoms with Crippen LogP contribution in [0, 0.1) is 5.82 Å². The van der Waals surface area contributed by atoms with Gasteiger partial charge in [-0.25, -0.2) is 9.18 Å². The molecular weight excluding hydrogens is 327 g/mol. The Bertz CT molecular complexity index is 651. The van der Waals surface area contributed by atoms with Gasteiger partial charge in [-0.1, -0.05) is 12.1 Å². The molecule has 1 saturated heterocycles. The molecule has 8 heteroatoms. The Hall–Kier alpha value is -2.48. The van der Waals surface area contributed by atoms with Crippen molar-refractivity contribution in [1.29, 1.82) is 0 Å². The van der Waals surface area contributed by atoms with Crippen molar-refractivity contribution in [2.75, 3.05) is 27.2 Å². The van der Waals surface area contributed by atoms with Crippen LogP contribution in [0.25, 0.3) is 0 Å². The zero-order chi connectivity index (χ0) is 18.4. The number of carbonyl (C=O) groups excluding carboxylic acids is 3. The van der Waals surface area contributed by atoms with E-state index in [9.17, 15) is 18.8 Å². The molecule has 7 nitrogen and oxygen atoms in total. The van der Waals surface area contributed by atoms with Gasteiger partial charge in [0.1, 0.15) is 11.9 Å². The number of hydrogen-bond acceptors (Lipinski definition) is 4. The Morgan fingerprint density at radius 2 is 2.12 bits per heavy atom. The summed E-state index contributed by atoms with van der Waals surface area (Å²) in [6.45, 7) is 1.27. The molecule has 0 aromatic heterocycles. The van der Waals surface area contributed by atoms with Gasteiger partial charge in [0.25, 0.3) is 5.91 Å². The first-order valence-electron chi connectivity index (χ1n) is 8.14. The van der Waals surface area contributed by atoms with Crippen LogP contribution in [0.15, 0.2) is 24.3 Å². The summed E-state index contributed by atoms with van der Waals surface area (Å²) < 4.78 is 13.2. The average Bonchev–Trinajstić information content (AvgIpc) is 2.80. The molecule has 0 saturated carbocycles. The Morgan fingerprint density at radius 3 is 2.80 bits per heavy atom. The number of rotatable bonds is 8. The Morgan fingerprint density at radius 1 is 1.36 bits per heavy atom. The molecule has 0 radical (unpaired) electrons. The molecule has 1 heterocycles. The van der Waals surface area contributed by atoms with Crippen LogP contribution in [0.4, 0.5) is 9.18 Å².